The molecule has 0 aliphatic rings. The fourth-order valence-electron chi connectivity index (χ4n) is 2.40. The first kappa shape index (κ1) is 16.2. The van der Waals surface area contributed by atoms with E-state index in [0.717, 1.165) is 10.2 Å². The van der Waals surface area contributed by atoms with Gasteiger partial charge in [0.2, 0.25) is 0 Å². The lowest BCUT2D eigenvalue weighted by molar-refractivity contribution is -0.384. The zero-order valence-electron chi connectivity index (χ0n) is 12.6. The average molecular weight is 389 g/mol. The third-order valence-electron chi connectivity index (χ3n) is 3.53. The Bertz CT molecular complexity index is 864. The van der Waals surface area contributed by atoms with Crippen molar-refractivity contribution in [3.63, 3.8) is 0 Å². The number of halogens is 1. The number of nitro benzene ring substituents is 1. The molecule has 0 amide bonds. The second-order valence-corrected chi connectivity index (χ2v) is 5.91. The maximum atomic E-state index is 11.0. The third-order valence-corrected chi connectivity index (χ3v) is 4.05. The van der Waals surface area contributed by atoms with E-state index in [0.29, 0.717) is 11.4 Å². The van der Waals surface area contributed by atoms with Crippen molar-refractivity contribution in [3.8, 4) is 5.69 Å². The SMILES string of the molecule is CN[C@@H](c1cccc([N+](=O)[O-])c1)c1nnnn1-c1ccc(Br)cc1. The molecule has 3 rings (SSSR count). The molecule has 0 aliphatic heterocycles. The minimum absolute atomic E-state index is 0.0235. The minimum atomic E-state index is -0.423. The van der Waals surface area contributed by atoms with Crippen LogP contribution in [0.1, 0.15) is 17.4 Å². The molecule has 1 heterocycles. The van der Waals surface area contributed by atoms with E-state index in [1.54, 1.807) is 23.9 Å². The molecule has 0 fully saturated rings. The fraction of sp³-hybridized carbons (Fsp3) is 0.133. The lowest BCUT2D eigenvalue weighted by atomic mass is 10.1. The molecule has 0 saturated carbocycles. The molecule has 9 heteroatoms. The highest BCUT2D eigenvalue weighted by Crippen LogP contribution is 2.25. The molecule has 0 saturated heterocycles. The number of rotatable bonds is 5. The molecule has 1 atom stereocenters. The number of nitrogens with zero attached hydrogens (tertiary/aromatic N) is 5. The Labute approximate surface area is 145 Å². The summed E-state index contributed by atoms with van der Waals surface area (Å²) < 4.78 is 2.55. The van der Waals surface area contributed by atoms with E-state index >= 15 is 0 Å². The topological polar surface area (TPSA) is 98.8 Å². The molecule has 8 nitrogen and oxygen atoms in total. The molecular formula is C15H13BrN6O2. The van der Waals surface area contributed by atoms with Crippen molar-refractivity contribution >= 4 is 21.6 Å². The lowest BCUT2D eigenvalue weighted by Crippen LogP contribution is -2.22. The monoisotopic (exact) mass is 388 g/mol. The van der Waals surface area contributed by atoms with Crippen molar-refractivity contribution < 1.29 is 4.92 Å². The third kappa shape index (κ3) is 3.17. The van der Waals surface area contributed by atoms with Gasteiger partial charge in [0.25, 0.3) is 5.69 Å². The molecule has 1 aromatic heterocycles. The molecule has 0 radical (unpaired) electrons. The van der Waals surface area contributed by atoms with Crippen LogP contribution in [0, 0.1) is 10.1 Å². The molecular weight excluding hydrogens is 376 g/mol. The van der Waals surface area contributed by atoms with Crippen LogP contribution in [0.25, 0.3) is 5.69 Å². The predicted molar refractivity (Wildman–Crippen MR) is 90.9 cm³/mol. The van der Waals surface area contributed by atoms with E-state index < -0.39 is 4.92 Å². The first-order chi connectivity index (χ1) is 11.6. The number of aromatic nitrogens is 4. The van der Waals surface area contributed by atoms with Crippen LogP contribution in [0.15, 0.2) is 53.0 Å². The second-order valence-electron chi connectivity index (χ2n) is 5.00. The van der Waals surface area contributed by atoms with Crippen LogP contribution < -0.4 is 5.32 Å². The van der Waals surface area contributed by atoms with Crippen LogP contribution in [0.5, 0.6) is 0 Å². The van der Waals surface area contributed by atoms with Crippen molar-refractivity contribution in [2.45, 2.75) is 6.04 Å². The summed E-state index contributed by atoms with van der Waals surface area (Å²) in [6, 6.07) is 13.6. The summed E-state index contributed by atoms with van der Waals surface area (Å²) in [5.41, 5.74) is 1.53. The van der Waals surface area contributed by atoms with Crippen LogP contribution in [0.4, 0.5) is 5.69 Å². The Morgan fingerprint density at radius 3 is 2.67 bits per heavy atom. The molecule has 24 heavy (non-hydrogen) atoms. The van der Waals surface area contributed by atoms with Crippen molar-refractivity contribution in [2.24, 2.45) is 0 Å². The smallest absolute Gasteiger partial charge is 0.269 e. The largest absolute Gasteiger partial charge is 0.307 e. The van der Waals surface area contributed by atoms with Gasteiger partial charge in [-0.3, -0.25) is 10.1 Å². The van der Waals surface area contributed by atoms with Gasteiger partial charge >= 0.3 is 0 Å². The summed E-state index contributed by atoms with van der Waals surface area (Å²) in [5, 5.41) is 26.0. The number of hydrogen-bond donors (Lipinski definition) is 1. The number of nitrogens with one attached hydrogen (secondary N) is 1. The molecule has 0 spiro atoms. The van der Waals surface area contributed by atoms with Crippen molar-refractivity contribution in [2.75, 3.05) is 7.05 Å². The highest BCUT2D eigenvalue weighted by molar-refractivity contribution is 9.10. The molecule has 3 aromatic rings. The Morgan fingerprint density at radius 1 is 1.25 bits per heavy atom. The van der Waals surface area contributed by atoms with Crippen LogP contribution in [0.3, 0.4) is 0 Å². The second kappa shape index (κ2) is 6.85. The predicted octanol–water partition coefficient (Wildman–Crippen LogP) is 2.64. The quantitative estimate of drug-likeness (QED) is 0.532. The Balaban J connectivity index is 2.04. The first-order valence-corrected chi connectivity index (χ1v) is 7.85. The summed E-state index contributed by atoms with van der Waals surface area (Å²) in [6.07, 6.45) is 0. The zero-order valence-corrected chi connectivity index (χ0v) is 14.2. The van der Waals surface area contributed by atoms with Gasteiger partial charge in [0.1, 0.15) is 0 Å². The number of tetrazole rings is 1. The van der Waals surface area contributed by atoms with Gasteiger partial charge in [0, 0.05) is 16.6 Å². The van der Waals surface area contributed by atoms with Gasteiger partial charge in [0.15, 0.2) is 5.82 Å². The number of hydrogen-bond acceptors (Lipinski definition) is 6. The van der Waals surface area contributed by atoms with Crippen molar-refractivity contribution in [1.82, 2.24) is 25.5 Å². The van der Waals surface area contributed by atoms with Crippen LogP contribution in [-0.4, -0.2) is 32.2 Å². The average Bonchev–Trinajstić information content (AvgIpc) is 3.06. The molecule has 1 N–H and O–H groups in total. The van der Waals surface area contributed by atoms with E-state index in [4.69, 9.17) is 0 Å². The Morgan fingerprint density at radius 2 is 2.00 bits per heavy atom. The summed E-state index contributed by atoms with van der Waals surface area (Å²) in [5.74, 6) is 0.542. The Kier molecular flexibility index (Phi) is 4.63. The highest BCUT2D eigenvalue weighted by Gasteiger charge is 2.22. The van der Waals surface area contributed by atoms with Crippen molar-refractivity contribution in [3.05, 3.63) is 74.5 Å². The van der Waals surface area contributed by atoms with Gasteiger partial charge < -0.3 is 5.32 Å². The summed E-state index contributed by atoms with van der Waals surface area (Å²) in [6.45, 7) is 0. The number of nitro groups is 1. The lowest BCUT2D eigenvalue weighted by Gasteiger charge is -2.16. The summed E-state index contributed by atoms with van der Waals surface area (Å²) in [7, 11) is 1.75. The van der Waals surface area contributed by atoms with E-state index in [2.05, 4.69) is 36.8 Å². The standard InChI is InChI=1S/C15H13BrN6O2/c1-17-14(10-3-2-4-13(9-10)22(23)24)15-18-19-20-21(15)12-7-5-11(16)6-8-12/h2-9,14,17H,1H3/t14-/m0/s1. The van der Waals surface area contributed by atoms with E-state index in [1.807, 2.05) is 24.3 Å². The molecule has 122 valence electrons. The highest BCUT2D eigenvalue weighted by atomic mass is 79.9. The maximum Gasteiger partial charge on any atom is 0.269 e. The summed E-state index contributed by atoms with van der Waals surface area (Å²) in [4.78, 5) is 10.6. The molecule has 0 aliphatic carbocycles. The maximum absolute atomic E-state index is 11.0. The van der Waals surface area contributed by atoms with Crippen LogP contribution in [0.2, 0.25) is 0 Å². The molecule has 2 aromatic carbocycles. The molecule has 0 unspecified atom stereocenters. The van der Waals surface area contributed by atoms with Crippen LogP contribution in [-0.2, 0) is 0 Å². The minimum Gasteiger partial charge on any atom is -0.307 e. The van der Waals surface area contributed by atoms with Gasteiger partial charge in [0.05, 0.1) is 16.7 Å². The first-order valence-electron chi connectivity index (χ1n) is 7.06. The van der Waals surface area contributed by atoms with E-state index in [9.17, 15) is 10.1 Å². The summed E-state index contributed by atoms with van der Waals surface area (Å²) >= 11 is 3.39. The van der Waals surface area contributed by atoms with Gasteiger partial charge in [-0.15, -0.1) is 5.10 Å². The van der Waals surface area contributed by atoms with Crippen LogP contribution >= 0.6 is 15.9 Å². The van der Waals surface area contributed by atoms with Gasteiger partial charge in [-0.1, -0.05) is 28.1 Å². The zero-order chi connectivity index (χ0) is 17.1. The normalized spacial score (nSPS) is 12.1. The fourth-order valence-corrected chi connectivity index (χ4v) is 2.67. The van der Waals surface area contributed by atoms with Gasteiger partial charge in [-0.05, 0) is 47.3 Å². The van der Waals surface area contributed by atoms with Crippen molar-refractivity contribution in [1.29, 1.82) is 0 Å². The Hall–Kier alpha value is -2.65. The number of benzene rings is 2. The number of non-ortho nitro benzene ring substituents is 1. The van der Waals surface area contributed by atoms with Gasteiger partial charge in [-0.25, -0.2) is 0 Å². The molecule has 0 bridgehead atoms. The van der Waals surface area contributed by atoms with E-state index in [1.165, 1.54) is 12.1 Å². The van der Waals surface area contributed by atoms with E-state index in [-0.39, 0.29) is 11.7 Å². The van der Waals surface area contributed by atoms with Gasteiger partial charge in [-0.2, -0.15) is 4.68 Å².